The predicted molar refractivity (Wildman–Crippen MR) is 136 cm³/mol. The molecule has 0 heterocycles. The number of rotatable bonds is 22. The quantitative estimate of drug-likeness (QED) is 0.179. The van der Waals surface area contributed by atoms with Gasteiger partial charge in [0.15, 0.2) is 0 Å². The number of hydrogen-bond donors (Lipinski definition) is 1. The van der Waals surface area contributed by atoms with Crippen molar-refractivity contribution in [3.8, 4) is 0 Å². The number of nitrogens with one attached hydrogen (secondary N) is 1. The van der Waals surface area contributed by atoms with E-state index in [4.69, 9.17) is 0 Å². The summed E-state index contributed by atoms with van der Waals surface area (Å²) in [6.07, 6.45) is 28.7. The molecule has 0 rings (SSSR count). The van der Waals surface area contributed by atoms with Crippen molar-refractivity contribution < 1.29 is 0 Å². The summed E-state index contributed by atoms with van der Waals surface area (Å²) in [6.45, 7) is 7.01. The third-order valence-electron chi connectivity index (χ3n) is 5.74. The predicted octanol–water partition coefficient (Wildman–Crippen LogP) is 8.60. The zero-order chi connectivity index (χ0) is 21.8. The Morgan fingerprint density at radius 2 is 0.759 bits per heavy atom. The lowest BCUT2D eigenvalue weighted by Gasteiger charge is -2.08. The third kappa shape index (κ3) is 35.7. The van der Waals surface area contributed by atoms with E-state index in [1.165, 1.54) is 142 Å². The lowest BCUT2D eigenvalue weighted by molar-refractivity contribution is 0.389. The Balaban J connectivity index is 0. The van der Waals surface area contributed by atoms with E-state index in [1.807, 2.05) is 7.05 Å². The van der Waals surface area contributed by atoms with Crippen molar-refractivity contribution in [2.45, 2.75) is 142 Å². The monoisotopic (exact) mass is 412 g/mol. The van der Waals surface area contributed by atoms with Gasteiger partial charge in [0.25, 0.3) is 0 Å². The van der Waals surface area contributed by atoms with Gasteiger partial charge in [-0.25, -0.2) is 0 Å². The first-order chi connectivity index (χ1) is 14.2. The average Bonchev–Trinajstić information content (AvgIpc) is 2.71. The van der Waals surface area contributed by atoms with Gasteiger partial charge in [-0.2, -0.15) is 0 Å². The van der Waals surface area contributed by atoms with Gasteiger partial charge in [0.05, 0.1) is 0 Å². The van der Waals surface area contributed by atoms with Gasteiger partial charge in [-0.1, -0.05) is 129 Å². The molecular formula is C27H60N2. The van der Waals surface area contributed by atoms with Gasteiger partial charge in [-0.3, -0.25) is 0 Å². The topological polar surface area (TPSA) is 15.3 Å². The van der Waals surface area contributed by atoms with Crippen LogP contribution in [0.25, 0.3) is 0 Å². The van der Waals surface area contributed by atoms with E-state index in [2.05, 4.69) is 38.2 Å². The van der Waals surface area contributed by atoms with Crippen LogP contribution < -0.4 is 5.32 Å². The van der Waals surface area contributed by atoms with E-state index in [0.717, 1.165) is 0 Å². The van der Waals surface area contributed by atoms with E-state index < -0.39 is 0 Å². The maximum Gasteiger partial charge on any atom is -0.00248 e. The second-order valence-corrected chi connectivity index (χ2v) is 9.27. The molecule has 0 saturated carbocycles. The van der Waals surface area contributed by atoms with E-state index in [9.17, 15) is 0 Å². The molecule has 2 nitrogen and oxygen atoms in total. The summed E-state index contributed by atoms with van der Waals surface area (Å²) in [6, 6.07) is 0. The van der Waals surface area contributed by atoms with Crippen LogP contribution in [0, 0.1) is 0 Å². The molecule has 0 aliphatic rings. The highest BCUT2D eigenvalue weighted by Gasteiger charge is 1.93. The maximum absolute atomic E-state index is 3.19. The Bertz CT molecular complexity index is 241. The van der Waals surface area contributed by atoms with Crippen LogP contribution in [0.4, 0.5) is 0 Å². The Kier molecular flexibility index (Phi) is 32.3. The second kappa shape index (κ2) is 30.1. The molecule has 0 spiro atoms. The summed E-state index contributed by atoms with van der Waals surface area (Å²) >= 11 is 0. The average molecular weight is 413 g/mol. The lowest BCUT2D eigenvalue weighted by Crippen LogP contribution is -2.12. The minimum absolute atomic E-state index is 1.19. The molecule has 0 fully saturated rings. The first-order valence-corrected chi connectivity index (χ1v) is 13.5. The summed E-state index contributed by atoms with van der Waals surface area (Å²) < 4.78 is 0. The zero-order valence-corrected chi connectivity index (χ0v) is 21.5. The zero-order valence-electron chi connectivity index (χ0n) is 21.5. The van der Waals surface area contributed by atoms with Gasteiger partial charge in [-0.05, 0) is 47.1 Å². The molecule has 0 unspecified atom stereocenters. The van der Waals surface area contributed by atoms with Gasteiger partial charge >= 0.3 is 0 Å². The molecule has 1 N–H and O–H groups in total. The Labute approximate surface area is 187 Å². The molecule has 0 aromatic rings. The summed E-state index contributed by atoms with van der Waals surface area (Å²) in [4.78, 5) is 2.28. The molecule has 0 aromatic carbocycles. The first-order valence-electron chi connectivity index (χ1n) is 13.5. The third-order valence-corrected chi connectivity index (χ3v) is 5.74. The molecule has 0 radical (unpaired) electrons. The molecule has 29 heavy (non-hydrogen) atoms. The highest BCUT2D eigenvalue weighted by atomic mass is 15.0. The molecule has 2 heteroatoms. The molecule has 0 amide bonds. The van der Waals surface area contributed by atoms with E-state index in [-0.39, 0.29) is 0 Å². The highest BCUT2D eigenvalue weighted by Crippen LogP contribution is 2.11. The minimum Gasteiger partial charge on any atom is -0.320 e. The fourth-order valence-electron chi connectivity index (χ4n) is 3.70. The van der Waals surface area contributed by atoms with Crippen LogP contribution in [0.3, 0.4) is 0 Å². The van der Waals surface area contributed by atoms with Crippen LogP contribution in [0.15, 0.2) is 0 Å². The normalized spacial score (nSPS) is 11.0. The van der Waals surface area contributed by atoms with Gasteiger partial charge in [-0.15, -0.1) is 0 Å². The summed E-state index contributed by atoms with van der Waals surface area (Å²) in [5.74, 6) is 0. The summed E-state index contributed by atoms with van der Waals surface area (Å²) in [7, 11) is 6.36. The molecule has 0 aromatic heterocycles. The van der Waals surface area contributed by atoms with Gasteiger partial charge < -0.3 is 10.2 Å². The van der Waals surface area contributed by atoms with Gasteiger partial charge in [0.1, 0.15) is 0 Å². The molecular weight excluding hydrogens is 352 g/mol. The van der Waals surface area contributed by atoms with Crippen molar-refractivity contribution in [2.24, 2.45) is 0 Å². The van der Waals surface area contributed by atoms with E-state index in [0.29, 0.717) is 0 Å². The summed E-state index contributed by atoms with van der Waals surface area (Å²) in [5, 5.41) is 3.19. The van der Waals surface area contributed by atoms with Crippen LogP contribution >= 0.6 is 0 Å². The highest BCUT2D eigenvalue weighted by molar-refractivity contribution is 4.50. The number of hydrogen-bond acceptors (Lipinski definition) is 2. The van der Waals surface area contributed by atoms with Crippen molar-refractivity contribution in [2.75, 3.05) is 34.2 Å². The molecule has 0 aliphatic heterocycles. The fourth-order valence-corrected chi connectivity index (χ4v) is 3.70. The van der Waals surface area contributed by atoms with Gasteiger partial charge in [0, 0.05) is 0 Å². The van der Waals surface area contributed by atoms with Crippen molar-refractivity contribution >= 4 is 0 Å². The Morgan fingerprint density at radius 1 is 0.448 bits per heavy atom. The number of nitrogens with zero attached hydrogens (tertiary/aromatic N) is 1. The minimum atomic E-state index is 1.19. The molecule has 0 saturated heterocycles. The standard InChI is InChI=1S/C14H31N.C13H29N/c1-4-5-6-7-8-9-10-11-12-13-14-15(2)3;1-3-4-5-6-7-8-9-10-11-12-13-14-2/h4-14H2,1-3H3;14H,3-13H2,1-2H3. The Hall–Kier alpha value is -0.0800. The second-order valence-electron chi connectivity index (χ2n) is 9.27. The SMILES string of the molecule is CCCCCCCCCCCCN(C)C.CCCCCCCCCCCCNC. The van der Waals surface area contributed by atoms with Crippen LogP contribution in [0.2, 0.25) is 0 Å². The van der Waals surface area contributed by atoms with Crippen LogP contribution in [0.1, 0.15) is 142 Å². The van der Waals surface area contributed by atoms with Crippen LogP contribution in [-0.4, -0.2) is 39.1 Å². The summed E-state index contributed by atoms with van der Waals surface area (Å²) in [5.41, 5.74) is 0. The molecule has 0 bridgehead atoms. The van der Waals surface area contributed by atoms with Crippen molar-refractivity contribution in [1.29, 1.82) is 0 Å². The Morgan fingerprint density at radius 3 is 1.07 bits per heavy atom. The first kappa shape index (κ1) is 31.1. The maximum atomic E-state index is 3.19. The largest absolute Gasteiger partial charge is 0.320 e. The molecule has 0 atom stereocenters. The van der Waals surface area contributed by atoms with E-state index in [1.54, 1.807) is 0 Å². The van der Waals surface area contributed by atoms with Crippen molar-refractivity contribution in [3.63, 3.8) is 0 Å². The van der Waals surface area contributed by atoms with E-state index >= 15 is 0 Å². The lowest BCUT2D eigenvalue weighted by atomic mass is 10.1. The van der Waals surface area contributed by atoms with Crippen LogP contribution in [0.5, 0.6) is 0 Å². The molecule has 0 aliphatic carbocycles. The fraction of sp³-hybridized carbons (Fsp3) is 1.00. The molecule has 178 valence electrons. The van der Waals surface area contributed by atoms with Crippen LogP contribution in [-0.2, 0) is 0 Å². The van der Waals surface area contributed by atoms with Crippen molar-refractivity contribution in [1.82, 2.24) is 10.2 Å². The van der Waals surface area contributed by atoms with Gasteiger partial charge in [0.2, 0.25) is 0 Å². The number of unbranched alkanes of at least 4 members (excludes halogenated alkanes) is 18. The smallest absolute Gasteiger partial charge is 0.00248 e. The van der Waals surface area contributed by atoms with Crippen molar-refractivity contribution in [3.05, 3.63) is 0 Å².